The van der Waals surface area contributed by atoms with Crippen LogP contribution in [0.3, 0.4) is 0 Å². The average Bonchev–Trinajstić information content (AvgIpc) is 2.29. The fraction of sp³-hybridized carbons (Fsp3) is 0.818. The van der Waals surface area contributed by atoms with E-state index in [0.29, 0.717) is 19.7 Å². The van der Waals surface area contributed by atoms with Gasteiger partial charge in [0.05, 0.1) is 18.9 Å². The summed E-state index contributed by atoms with van der Waals surface area (Å²) in [5.41, 5.74) is 0.820. The van der Waals surface area contributed by atoms with Crippen molar-refractivity contribution >= 4 is 11.6 Å². The number of methoxy groups -OCH3 is 1. The van der Waals surface area contributed by atoms with E-state index in [4.69, 9.17) is 9.94 Å². The molecular weight excluding hydrogens is 222 g/mol. The SMILES string of the molecule is COCCNC(=O)CN1CCC(=NO)C(C)C1. The molecule has 1 saturated heterocycles. The van der Waals surface area contributed by atoms with Crippen molar-refractivity contribution in [1.29, 1.82) is 0 Å². The Balaban J connectivity index is 2.26. The summed E-state index contributed by atoms with van der Waals surface area (Å²) in [4.78, 5) is 13.6. The summed E-state index contributed by atoms with van der Waals surface area (Å²) < 4.78 is 4.86. The number of carbonyl (C=O) groups excluding carboxylic acids is 1. The van der Waals surface area contributed by atoms with E-state index >= 15 is 0 Å². The molecule has 6 nitrogen and oxygen atoms in total. The predicted molar refractivity (Wildman–Crippen MR) is 64.3 cm³/mol. The van der Waals surface area contributed by atoms with Crippen LogP contribution in [0.4, 0.5) is 0 Å². The Hall–Kier alpha value is -1.14. The Bertz CT molecular complexity index is 281. The van der Waals surface area contributed by atoms with Crippen LogP contribution < -0.4 is 5.32 Å². The van der Waals surface area contributed by atoms with Gasteiger partial charge in [-0.2, -0.15) is 0 Å². The Morgan fingerprint density at radius 3 is 3.06 bits per heavy atom. The summed E-state index contributed by atoms with van der Waals surface area (Å²) >= 11 is 0. The second kappa shape index (κ2) is 7.24. The lowest BCUT2D eigenvalue weighted by Gasteiger charge is -2.30. The first kappa shape index (κ1) is 13.9. The van der Waals surface area contributed by atoms with Crippen molar-refractivity contribution in [2.24, 2.45) is 11.1 Å². The van der Waals surface area contributed by atoms with Crippen LogP contribution in [0.5, 0.6) is 0 Å². The zero-order valence-electron chi connectivity index (χ0n) is 10.5. The molecule has 1 amide bonds. The standard InChI is InChI=1S/C11H21N3O3/c1-9-7-14(5-3-10(9)13-16)8-11(15)12-4-6-17-2/h9,16H,3-8H2,1-2H3,(H,12,15). The van der Waals surface area contributed by atoms with Crippen molar-refractivity contribution in [3.05, 3.63) is 0 Å². The van der Waals surface area contributed by atoms with E-state index in [1.54, 1.807) is 7.11 Å². The molecule has 2 N–H and O–H groups in total. The molecule has 1 rings (SSSR count). The monoisotopic (exact) mass is 243 g/mol. The van der Waals surface area contributed by atoms with E-state index in [2.05, 4.69) is 15.4 Å². The van der Waals surface area contributed by atoms with Gasteiger partial charge in [-0.3, -0.25) is 9.69 Å². The number of carbonyl (C=O) groups is 1. The zero-order chi connectivity index (χ0) is 12.7. The lowest BCUT2D eigenvalue weighted by molar-refractivity contribution is -0.122. The highest BCUT2D eigenvalue weighted by atomic mass is 16.5. The van der Waals surface area contributed by atoms with E-state index < -0.39 is 0 Å². The third kappa shape index (κ3) is 4.70. The molecule has 0 aliphatic carbocycles. The van der Waals surface area contributed by atoms with Gasteiger partial charge in [-0.25, -0.2) is 0 Å². The van der Waals surface area contributed by atoms with Crippen LogP contribution in [-0.4, -0.2) is 61.6 Å². The molecular formula is C11H21N3O3. The number of nitrogens with one attached hydrogen (secondary N) is 1. The largest absolute Gasteiger partial charge is 0.411 e. The van der Waals surface area contributed by atoms with E-state index in [1.165, 1.54) is 0 Å². The normalized spacial score (nSPS) is 23.9. The summed E-state index contributed by atoms with van der Waals surface area (Å²) in [6.45, 7) is 5.00. The molecule has 0 radical (unpaired) electrons. The molecule has 1 fully saturated rings. The van der Waals surface area contributed by atoms with Gasteiger partial charge in [0.1, 0.15) is 0 Å². The second-order valence-electron chi connectivity index (χ2n) is 4.32. The zero-order valence-corrected chi connectivity index (χ0v) is 10.5. The van der Waals surface area contributed by atoms with Gasteiger partial charge < -0.3 is 15.3 Å². The lowest BCUT2D eigenvalue weighted by Crippen LogP contribution is -2.45. The number of nitrogens with zero attached hydrogens (tertiary/aromatic N) is 2. The van der Waals surface area contributed by atoms with Crippen LogP contribution in [0.15, 0.2) is 5.16 Å². The van der Waals surface area contributed by atoms with Gasteiger partial charge in [0.2, 0.25) is 5.91 Å². The molecule has 1 heterocycles. The highest BCUT2D eigenvalue weighted by Crippen LogP contribution is 2.13. The van der Waals surface area contributed by atoms with Crippen LogP contribution in [0.25, 0.3) is 0 Å². The molecule has 0 bridgehead atoms. The first-order valence-corrected chi connectivity index (χ1v) is 5.86. The molecule has 1 unspecified atom stereocenters. The summed E-state index contributed by atoms with van der Waals surface area (Å²) in [6, 6.07) is 0. The van der Waals surface area contributed by atoms with Gasteiger partial charge in [-0.1, -0.05) is 12.1 Å². The molecule has 1 aliphatic heterocycles. The number of likely N-dealkylation sites (tertiary alicyclic amines) is 1. The van der Waals surface area contributed by atoms with Gasteiger partial charge in [-0.05, 0) is 0 Å². The Morgan fingerprint density at radius 2 is 2.47 bits per heavy atom. The highest BCUT2D eigenvalue weighted by molar-refractivity contribution is 5.87. The summed E-state index contributed by atoms with van der Waals surface area (Å²) in [5, 5.41) is 14.8. The fourth-order valence-corrected chi connectivity index (χ4v) is 1.95. The number of ether oxygens (including phenoxy) is 1. The molecule has 0 saturated carbocycles. The maximum atomic E-state index is 11.6. The molecule has 1 aliphatic rings. The summed E-state index contributed by atoms with van der Waals surface area (Å²) in [6.07, 6.45) is 0.725. The van der Waals surface area contributed by atoms with Gasteiger partial charge in [-0.15, -0.1) is 0 Å². The molecule has 0 aromatic carbocycles. The third-order valence-corrected chi connectivity index (χ3v) is 2.91. The van der Waals surface area contributed by atoms with Crippen LogP contribution in [0.1, 0.15) is 13.3 Å². The number of hydrogen-bond donors (Lipinski definition) is 2. The summed E-state index contributed by atoms with van der Waals surface area (Å²) in [5.74, 6) is 0.221. The lowest BCUT2D eigenvalue weighted by atomic mass is 9.98. The predicted octanol–water partition coefficient (Wildman–Crippen LogP) is -0.0790. The fourth-order valence-electron chi connectivity index (χ4n) is 1.95. The minimum Gasteiger partial charge on any atom is -0.411 e. The van der Waals surface area contributed by atoms with Crippen molar-refractivity contribution in [3.63, 3.8) is 0 Å². The van der Waals surface area contributed by atoms with Gasteiger partial charge in [0.25, 0.3) is 0 Å². The minimum atomic E-state index is 0.0126. The molecule has 0 spiro atoms. The van der Waals surface area contributed by atoms with Gasteiger partial charge in [0, 0.05) is 39.1 Å². The van der Waals surface area contributed by atoms with E-state index in [9.17, 15) is 4.79 Å². The van der Waals surface area contributed by atoms with Gasteiger partial charge >= 0.3 is 0 Å². The smallest absolute Gasteiger partial charge is 0.234 e. The van der Waals surface area contributed by atoms with Crippen LogP contribution in [0.2, 0.25) is 0 Å². The molecule has 17 heavy (non-hydrogen) atoms. The molecule has 0 aromatic rings. The van der Waals surface area contributed by atoms with E-state index in [-0.39, 0.29) is 11.8 Å². The number of piperidine rings is 1. The second-order valence-corrected chi connectivity index (χ2v) is 4.32. The Kier molecular flexibility index (Phi) is 5.93. The van der Waals surface area contributed by atoms with E-state index in [0.717, 1.165) is 25.2 Å². The average molecular weight is 243 g/mol. The van der Waals surface area contributed by atoms with Crippen LogP contribution in [0, 0.1) is 5.92 Å². The van der Waals surface area contributed by atoms with Crippen molar-refractivity contribution in [2.75, 3.05) is 39.9 Å². The van der Waals surface area contributed by atoms with Crippen LogP contribution in [-0.2, 0) is 9.53 Å². The maximum absolute atomic E-state index is 11.6. The van der Waals surface area contributed by atoms with Gasteiger partial charge in [0.15, 0.2) is 0 Å². The highest BCUT2D eigenvalue weighted by Gasteiger charge is 2.23. The molecule has 98 valence electrons. The number of oxime groups is 1. The first-order chi connectivity index (χ1) is 8.17. The first-order valence-electron chi connectivity index (χ1n) is 5.86. The van der Waals surface area contributed by atoms with Crippen molar-refractivity contribution in [2.45, 2.75) is 13.3 Å². The third-order valence-electron chi connectivity index (χ3n) is 2.91. The molecule has 0 aromatic heterocycles. The number of amides is 1. The number of rotatable bonds is 5. The molecule has 6 heteroatoms. The molecule has 1 atom stereocenters. The quantitative estimate of drug-likeness (QED) is 0.402. The Morgan fingerprint density at radius 1 is 1.71 bits per heavy atom. The van der Waals surface area contributed by atoms with E-state index in [1.807, 2.05) is 6.92 Å². The topological polar surface area (TPSA) is 74.2 Å². The Labute approximate surface area is 102 Å². The summed E-state index contributed by atoms with van der Waals surface area (Å²) in [7, 11) is 1.61. The van der Waals surface area contributed by atoms with Crippen LogP contribution >= 0.6 is 0 Å². The van der Waals surface area contributed by atoms with Crippen molar-refractivity contribution < 1.29 is 14.7 Å². The maximum Gasteiger partial charge on any atom is 0.234 e. The minimum absolute atomic E-state index is 0.0126. The van der Waals surface area contributed by atoms with Crippen molar-refractivity contribution in [3.8, 4) is 0 Å². The number of hydrogen-bond acceptors (Lipinski definition) is 5. The van der Waals surface area contributed by atoms with Crippen molar-refractivity contribution in [1.82, 2.24) is 10.2 Å².